The zero-order valence-corrected chi connectivity index (χ0v) is 7.91. The summed E-state index contributed by atoms with van der Waals surface area (Å²) < 4.78 is 4.98. The largest absolute Gasteiger partial charge is 0.459 e. The van der Waals surface area contributed by atoms with Gasteiger partial charge in [-0.2, -0.15) is 0 Å². The molecule has 1 rings (SSSR count). The Hall–Kier alpha value is -1.29. The summed E-state index contributed by atoms with van der Waals surface area (Å²) in [5.41, 5.74) is 0. The van der Waals surface area contributed by atoms with Gasteiger partial charge in [0.15, 0.2) is 5.76 Å². The molecule has 1 aromatic rings. The third-order valence-electron chi connectivity index (χ3n) is 1.78. The molecular weight excluding hydrogens is 168 g/mol. The molecule has 0 radical (unpaired) electrons. The third kappa shape index (κ3) is 2.59. The Morgan fingerprint density at radius 3 is 3.00 bits per heavy atom. The van der Waals surface area contributed by atoms with Gasteiger partial charge in [0, 0.05) is 20.1 Å². The van der Waals surface area contributed by atoms with Crippen LogP contribution >= 0.6 is 0 Å². The Labute approximate surface area is 77.5 Å². The van der Waals surface area contributed by atoms with Crippen LogP contribution in [0.15, 0.2) is 22.8 Å². The van der Waals surface area contributed by atoms with Crippen molar-refractivity contribution in [3.8, 4) is 0 Å². The standard InChI is InChI=1S/C9H14N2O2/c1-10-5-6-11(2)9(12)8-4-3-7-13-8/h3-4,7,10H,5-6H2,1-2H3. The average Bonchev–Trinajstić information content (AvgIpc) is 2.65. The average molecular weight is 182 g/mol. The van der Waals surface area contributed by atoms with E-state index in [1.807, 2.05) is 7.05 Å². The van der Waals surface area contributed by atoms with Crippen LogP contribution in [0.5, 0.6) is 0 Å². The summed E-state index contributed by atoms with van der Waals surface area (Å²) in [4.78, 5) is 13.1. The molecule has 4 nitrogen and oxygen atoms in total. The van der Waals surface area contributed by atoms with Crippen LogP contribution in [-0.4, -0.2) is 38.0 Å². The molecule has 1 aromatic heterocycles. The predicted octanol–water partition coefficient (Wildman–Crippen LogP) is 0.571. The number of nitrogens with one attached hydrogen (secondary N) is 1. The zero-order chi connectivity index (χ0) is 9.68. The van der Waals surface area contributed by atoms with Gasteiger partial charge in [0.2, 0.25) is 0 Å². The minimum atomic E-state index is -0.0831. The van der Waals surface area contributed by atoms with Crippen molar-refractivity contribution in [1.82, 2.24) is 10.2 Å². The van der Waals surface area contributed by atoms with Crippen LogP contribution in [-0.2, 0) is 0 Å². The molecule has 0 spiro atoms. The van der Waals surface area contributed by atoms with Crippen LogP contribution in [0.2, 0.25) is 0 Å². The van der Waals surface area contributed by atoms with Crippen molar-refractivity contribution >= 4 is 5.91 Å². The Morgan fingerprint density at radius 1 is 1.69 bits per heavy atom. The molecule has 0 bridgehead atoms. The van der Waals surface area contributed by atoms with Crippen LogP contribution in [0.25, 0.3) is 0 Å². The van der Waals surface area contributed by atoms with Gasteiger partial charge in [0.05, 0.1) is 6.26 Å². The molecule has 0 saturated carbocycles. The highest BCUT2D eigenvalue weighted by Crippen LogP contribution is 2.03. The summed E-state index contributed by atoms with van der Waals surface area (Å²) in [6.45, 7) is 1.46. The number of carbonyl (C=O) groups is 1. The maximum Gasteiger partial charge on any atom is 0.289 e. The quantitative estimate of drug-likeness (QED) is 0.740. The summed E-state index contributed by atoms with van der Waals surface area (Å²) in [6.07, 6.45) is 1.50. The van der Waals surface area contributed by atoms with Crippen molar-refractivity contribution in [3.05, 3.63) is 24.2 Å². The van der Waals surface area contributed by atoms with E-state index in [-0.39, 0.29) is 5.91 Å². The third-order valence-corrected chi connectivity index (χ3v) is 1.78. The van der Waals surface area contributed by atoms with E-state index >= 15 is 0 Å². The number of furan rings is 1. The molecule has 1 heterocycles. The number of carbonyl (C=O) groups excluding carboxylic acids is 1. The van der Waals surface area contributed by atoms with Crippen molar-refractivity contribution in [2.75, 3.05) is 27.2 Å². The summed E-state index contributed by atoms with van der Waals surface area (Å²) in [5, 5.41) is 2.97. The molecule has 1 N–H and O–H groups in total. The van der Waals surface area contributed by atoms with Crippen LogP contribution in [0.4, 0.5) is 0 Å². The van der Waals surface area contributed by atoms with E-state index in [0.717, 1.165) is 6.54 Å². The van der Waals surface area contributed by atoms with Gasteiger partial charge in [-0.1, -0.05) is 0 Å². The molecule has 0 unspecified atom stereocenters. The first-order valence-corrected chi connectivity index (χ1v) is 4.19. The van der Waals surface area contributed by atoms with Crippen LogP contribution in [0.3, 0.4) is 0 Å². The second-order valence-electron chi connectivity index (χ2n) is 2.81. The van der Waals surface area contributed by atoms with E-state index in [1.165, 1.54) is 6.26 Å². The monoisotopic (exact) mass is 182 g/mol. The Kier molecular flexibility index (Phi) is 3.52. The number of hydrogen-bond acceptors (Lipinski definition) is 3. The first kappa shape index (κ1) is 9.80. The normalized spacial score (nSPS) is 10.0. The second-order valence-corrected chi connectivity index (χ2v) is 2.81. The number of hydrogen-bond donors (Lipinski definition) is 1. The fourth-order valence-electron chi connectivity index (χ4n) is 0.969. The molecule has 0 fully saturated rings. The number of nitrogens with zero attached hydrogens (tertiary/aromatic N) is 1. The van der Waals surface area contributed by atoms with Gasteiger partial charge >= 0.3 is 0 Å². The highest BCUT2D eigenvalue weighted by Gasteiger charge is 2.12. The topological polar surface area (TPSA) is 45.5 Å². The van der Waals surface area contributed by atoms with E-state index in [2.05, 4.69) is 5.32 Å². The van der Waals surface area contributed by atoms with Gasteiger partial charge in [-0.15, -0.1) is 0 Å². The summed E-state index contributed by atoms with van der Waals surface area (Å²) >= 11 is 0. The lowest BCUT2D eigenvalue weighted by Gasteiger charge is -2.14. The van der Waals surface area contributed by atoms with E-state index in [9.17, 15) is 4.79 Å². The summed E-state index contributed by atoms with van der Waals surface area (Å²) in [5.74, 6) is 0.304. The first-order chi connectivity index (χ1) is 6.25. The van der Waals surface area contributed by atoms with E-state index in [4.69, 9.17) is 4.42 Å². The lowest BCUT2D eigenvalue weighted by Crippen LogP contribution is -2.32. The van der Waals surface area contributed by atoms with Gasteiger partial charge in [-0.25, -0.2) is 0 Å². The highest BCUT2D eigenvalue weighted by atomic mass is 16.3. The van der Waals surface area contributed by atoms with E-state index in [1.54, 1.807) is 24.1 Å². The number of rotatable bonds is 4. The van der Waals surface area contributed by atoms with Crippen molar-refractivity contribution < 1.29 is 9.21 Å². The van der Waals surface area contributed by atoms with Gasteiger partial charge in [-0.05, 0) is 19.2 Å². The molecule has 0 aliphatic carbocycles. The van der Waals surface area contributed by atoms with E-state index in [0.29, 0.717) is 12.3 Å². The lowest BCUT2D eigenvalue weighted by atomic mass is 10.4. The minimum absolute atomic E-state index is 0.0831. The second kappa shape index (κ2) is 4.67. The Bertz CT molecular complexity index is 257. The van der Waals surface area contributed by atoms with Gasteiger partial charge in [-0.3, -0.25) is 4.79 Å². The van der Waals surface area contributed by atoms with Crippen molar-refractivity contribution in [2.24, 2.45) is 0 Å². The SMILES string of the molecule is CNCCN(C)C(=O)c1ccco1. The molecule has 0 aliphatic heterocycles. The summed E-state index contributed by atoms with van der Waals surface area (Å²) in [7, 11) is 3.60. The number of amides is 1. The number of likely N-dealkylation sites (N-methyl/N-ethyl adjacent to an activating group) is 2. The van der Waals surface area contributed by atoms with Crippen molar-refractivity contribution in [2.45, 2.75) is 0 Å². The maximum atomic E-state index is 11.5. The minimum Gasteiger partial charge on any atom is -0.459 e. The van der Waals surface area contributed by atoms with Gasteiger partial charge in [0.1, 0.15) is 0 Å². The molecule has 1 amide bonds. The fraction of sp³-hybridized carbons (Fsp3) is 0.444. The molecule has 13 heavy (non-hydrogen) atoms. The maximum absolute atomic E-state index is 11.5. The van der Waals surface area contributed by atoms with Crippen LogP contribution < -0.4 is 5.32 Å². The van der Waals surface area contributed by atoms with Crippen molar-refractivity contribution in [1.29, 1.82) is 0 Å². The molecule has 72 valence electrons. The van der Waals surface area contributed by atoms with Crippen molar-refractivity contribution in [3.63, 3.8) is 0 Å². The van der Waals surface area contributed by atoms with Gasteiger partial charge in [0.25, 0.3) is 5.91 Å². The highest BCUT2D eigenvalue weighted by molar-refractivity contribution is 5.91. The fourth-order valence-corrected chi connectivity index (χ4v) is 0.969. The smallest absolute Gasteiger partial charge is 0.289 e. The van der Waals surface area contributed by atoms with E-state index < -0.39 is 0 Å². The molecule has 0 aromatic carbocycles. The molecule has 0 atom stereocenters. The summed E-state index contributed by atoms with van der Waals surface area (Å²) in [6, 6.07) is 3.37. The lowest BCUT2D eigenvalue weighted by molar-refractivity contribution is 0.0765. The predicted molar refractivity (Wildman–Crippen MR) is 49.6 cm³/mol. The Balaban J connectivity index is 2.48. The molecule has 0 aliphatic rings. The molecular formula is C9H14N2O2. The Morgan fingerprint density at radius 2 is 2.46 bits per heavy atom. The first-order valence-electron chi connectivity index (χ1n) is 4.19. The molecule has 0 saturated heterocycles. The van der Waals surface area contributed by atoms with Crippen LogP contribution in [0, 0.1) is 0 Å². The van der Waals surface area contributed by atoms with Gasteiger partial charge < -0.3 is 14.6 Å². The van der Waals surface area contributed by atoms with Crippen LogP contribution in [0.1, 0.15) is 10.6 Å². The molecule has 4 heteroatoms. The zero-order valence-electron chi connectivity index (χ0n) is 7.91.